The molecule has 1 aromatic heterocycles. The van der Waals surface area contributed by atoms with Crippen molar-refractivity contribution in [3.8, 4) is 0 Å². The first-order valence-corrected chi connectivity index (χ1v) is 6.76. The molecule has 0 amide bonds. The molecule has 0 fully saturated rings. The van der Waals surface area contributed by atoms with Crippen LogP contribution >= 0.6 is 15.9 Å². The van der Waals surface area contributed by atoms with E-state index in [2.05, 4.69) is 15.9 Å². The largest absolute Gasteiger partial charge is 0.478 e. The summed E-state index contributed by atoms with van der Waals surface area (Å²) < 4.78 is 2.30. The number of aromatic carboxylic acids is 1. The number of carboxylic acids is 1. The predicted octanol–water partition coefficient (Wildman–Crippen LogP) is 3.12. The van der Waals surface area contributed by atoms with Gasteiger partial charge >= 0.3 is 5.97 Å². The van der Waals surface area contributed by atoms with Gasteiger partial charge in [-0.3, -0.25) is 4.79 Å². The summed E-state index contributed by atoms with van der Waals surface area (Å²) in [5.41, 5.74) is 0.866. The minimum Gasteiger partial charge on any atom is -0.478 e. The van der Waals surface area contributed by atoms with E-state index >= 15 is 0 Å². The highest BCUT2D eigenvalue weighted by atomic mass is 79.9. The Bertz CT molecular complexity index is 704. The second kappa shape index (κ2) is 5.17. The molecule has 0 saturated carbocycles. The Balaban J connectivity index is 2.79. The zero-order chi connectivity index (χ0) is 14.2. The Morgan fingerprint density at radius 1 is 1.37 bits per heavy atom. The van der Waals surface area contributed by atoms with E-state index in [-0.39, 0.29) is 11.1 Å². The number of carboxylic acid groups (broad SMARTS) is 1. The Kier molecular flexibility index (Phi) is 3.75. The van der Waals surface area contributed by atoms with Gasteiger partial charge in [-0.15, -0.1) is 0 Å². The van der Waals surface area contributed by atoms with Crippen molar-refractivity contribution in [3.63, 3.8) is 0 Å². The summed E-state index contributed by atoms with van der Waals surface area (Å²) in [5, 5.41) is 9.79. The van der Waals surface area contributed by atoms with E-state index in [1.54, 1.807) is 16.7 Å². The van der Waals surface area contributed by atoms with E-state index in [0.717, 1.165) is 10.9 Å². The molecule has 0 saturated heterocycles. The van der Waals surface area contributed by atoms with Crippen LogP contribution in [0.1, 0.15) is 24.2 Å². The molecule has 1 heterocycles. The van der Waals surface area contributed by atoms with Crippen LogP contribution < -0.4 is 5.56 Å². The molecule has 5 heteroatoms. The summed E-state index contributed by atoms with van der Waals surface area (Å²) in [6, 6.07) is 6.24. The van der Waals surface area contributed by atoms with Crippen molar-refractivity contribution in [2.24, 2.45) is 5.92 Å². The van der Waals surface area contributed by atoms with E-state index < -0.39 is 5.97 Å². The van der Waals surface area contributed by atoms with Crippen LogP contribution in [0.4, 0.5) is 0 Å². The molecule has 0 unspecified atom stereocenters. The number of hydrogen-bond donors (Lipinski definition) is 1. The van der Waals surface area contributed by atoms with Gasteiger partial charge in [-0.05, 0) is 40.0 Å². The van der Waals surface area contributed by atoms with Crippen molar-refractivity contribution < 1.29 is 9.90 Å². The van der Waals surface area contributed by atoms with Crippen LogP contribution in [-0.4, -0.2) is 15.6 Å². The van der Waals surface area contributed by atoms with Crippen molar-refractivity contribution in [3.05, 3.63) is 44.7 Å². The molecule has 2 aromatic rings. The zero-order valence-corrected chi connectivity index (χ0v) is 12.3. The van der Waals surface area contributed by atoms with Gasteiger partial charge in [0.1, 0.15) is 0 Å². The summed E-state index contributed by atoms with van der Waals surface area (Å²) in [6.07, 6.45) is 0. The molecule has 100 valence electrons. The van der Waals surface area contributed by atoms with Gasteiger partial charge in [0.2, 0.25) is 0 Å². The Labute approximate surface area is 118 Å². The summed E-state index contributed by atoms with van der Waals surface area (Å²) in [5.74, 6) is -0.654. The summed E-state index contributed by atoms with van der Waals surface area (Å²) in [6.45, 7) is 4.66. The van der Waals surface area contributed by atoms with Crippen molar-refractivity contribution in [1.82, 2.24) is 4.57 Å². The maximum absolute atomic E-state index is 12.0. The number of carbonyl (C=O) groups is 1. The van der Waals surface area contributed by atoms with Gasteiger partial charge in [0.25, 0.3) is 5.56 Å². The van der Waals surface area contributed by atoms with E-state index in [1.165, 1.54) is 12.1 Å². The number of nitrogens with zero attached hydrogens (tertiary/aromatic N) is 1. The fourth-order valence-electron chi connectivity index (χ4n) is 2.06. The second-order valence-corrected chi connectivity index (χ2v) is 5.73. The summed E-state index contributed by atoms with van der Waals surface area (Å²) in [4.78, 5) is 23.0. The van der Waals surface area contributed by atoms with Crippen molar-refractivity contribution in [2.45, 2.75) is 20.4 Å². The van der Waals surface area contributed by atoms with E-state index in [9.17, 15) is 9.59 Å². The van der Waals surface area contributed by atoms with Crippen molar-refractivity contribution in [1.29, 1.82) is 0 Å². The second-order valence-electron chi connectivity index (χ2n) is 4.88. The van der Waals surface area contributed by atoms with Crippen LogP contribution in [0.3, 0.4) is 0 Å². The third-order valence-electron chi connectivity index (χ3n) is 2.83. The topological polar surface area (TPSA) is 59.3 Å². The van der Waals surface area contributed by atoms with Gasteiger partial charge in [0.05, 0.1) is 11.1 Å². The number of aromatic nitrogens is 1. The lowest BCUT2D eigenvalue weighted by molar-refractivity contribution is 0.0697. The number of fused-ring (bicyclic) bond motifs is 1. The fourth-order valence-corrected chi connectivity index (χ4v) is 2.75. The van der Waals surface area contributed by atoms with Crippen LogP contribution in [0.15, 0.2) is 33.5 Å². The fraction of sp³-hybridized carbons (Fsp3) is 0.286. The lowest BCUT2D eigenvalue weighted by Gasteiger charge is -2.14. The highest BCUT2D eigenvalue weighted by molar-refractivity contribution is 9.10. The first kappa shape index (κ1) is 13.8. The van der Waals surface area contributed by atoms with Crippen LogP contribution in [0.2, 0.25) is 0 Å². The normalized spacial score (nSPS) is 11.2. The molecule has 1 N–H and O–H groups in total. The molecule has 2 rings (SSSR count). The highest BCUT2D eigenvalue weighted by Gasteiger charge is 2.12. The molecule has 0 aliphatic rings. The minimum atomic E-state index is -0.982. The Morgan fingerprint density at radius 3 is 2.63 bits per heavy atom. The first-order chi connectivity index (χ1) is 8.90. The number of benzene rings is 1. The highest BCUT2D eigenvalue weighted by Crippen LogP contribution is 2.25. The van der Waals surface area contributed by atoms with Crippen LogP contribution in [0.25, 0.3) is 10.9 Å². The van der Waals surface area contributed by atoms with Crippen molar-refractivity contribution in [2.75, 3.05) is 0 Å². The lowest BCUT2D eigenvalue weighted by Crippen LogP contribution is -2.22. The summed E-state index contributed by atoms with van der Waals surface area (Å²) in [7, 11) is 0. The van der Waals surface area contributed by atoms with E-state index in [4.69, 9.17) is 5.11 Å². The Hall–Kier alpha value is -1.62. The van der Waals surface area contributed by atoms with Gasteiger partial charge in [0, 0.05) is 22.5 Å². The monoisotopic (exact) mass is 323 g/mol. The van der Waals surface area contributed by atoms with Crippen LogP contribution in [0.5, 0.6) is 0 Å². The summed E-state index contributed by atoms with van der Waals surface area (Å²) >= 11 is 3.37. The molecule has 4 nitrogen and oxygen atoms in total. The molecular formula is C14H14BrNO3. The number of halogens is 1. The SMILES string of the molecule is CC(C)Cn1c(=O)ccc2cc(C(=O)O)cc(Br)c21. The quantitative estimate of drug-likeness (QED) is 0.944. The van der Waals surface area contributed by atoms with Gasteiger partial charge < -0.3 is 9.67 Å². The maximum Gasteiger partial charge on any atom is 0.335 e. The average molecular weight is 324 g/mol. The average Bonchev–Trinajstić information content (AvgIpc) is 2.31. The number of rotatable bonds is 3. The smallest absolute Gasteiger partial charge is 0.335 e. The molecule has 0 radical (unpaired) electrons. The van der Waals surface area contributed by atoms with Gasteiger partial charge in [-0.25, -0.2) is 4.79 Å². The van der Waals surface area contributed by atoms with E-state index in [0.29, 0.717) is 16.9 Å². The minimum absolute atomic E-state index is 0.0787. The molecule has 0 spiro atoms. The third-order valence-corrected chi connectivity index (χ3v) is 3.43. The molecular weight excluding hydrogens is 310 g/mol. The molecule has 0 atom stereocenters. The molecule has 0 aliphatic heterocycles. The zero-order valence-electron chi connectivity index (χ0n) is 10.7. The van der Waals surface area contributed by atoms with E-state index in [1.807, 2.05) is 13.8 Å². The first-order valence-electron chi connectivity index (χ1n) is 5.96. The molecule has 1 aromatic carbocycles. The van der Waals surface area contributed by atoms with Crippen LogP contribution in [-0.2, 0) is 6.54 Å². The van der Waals surface area contributed by atoms with Gasteiger partial charge in [-0.1, -0.05) is 13.8 Å². The maximum atomic E-state index is 12.0. The third kappa shape index (κ3) is 2.71. The standard InChI is InChI=1S/C14H14BrNO3/c1-8(2)7-16-12(17)4-3-9-5-10(14(18)19)6-11(15)13(9)16/h3-6,8H,7H2,1-2H3,(H,18,19). The van der Waals surface area contributed by atoms with Crippen molar-refractivity contribution >= 4 is 32.8 Å². The molecule has 19 heavy (non-hydrogen) atoms. The molecule has 0 bridgehead atoms. The van der Waals surface area contributed by atoms with Gasteiger partial charge in [0.15, 0.2) is 0 Å². The van der Waals surface area contributed by atoms with Crippen LogP contribution in [0, 0.1) is 5.92 Å². The lowest BCUT2D eigenvalue weighted by atomic mass is 10.1. The predicted molar refractivity (Wildman–Crippen MR) is 77.7 cm³/mol. The Morgan fingerprint density at radius 2 is 2.05 bits per heavy atom. The number of hydrogen-bond acceptors (Lipinski definition) is 2. The van der Waals surface area contributed by atoms with Gasteiger partial charge in [-0.2, -0.15) is 0 Å². The molecule has 0 aliphatic carbocycles. The number of pyridine rings is 1.